The van der Waals surface area contributed by atoms with E-state index in [0.717, 1.165) is 43.4 Å². The Labute approximate surface area is 106 Å². The molecule has 1 N–H and O–H groups in total. The van der Waals surface area contributed by atoms with Gasteiger partial charge in [0.25, 0.3) is 0 Å². The molecule has 0 amide bonds. The molecule has 0 aromatic heterocycles. The smallest absolute Gasteiger partial charge is 0.231 e. The van der Waals surface area contributed by atoms with Crippen molar-refractivity contribution in [1.82, 2.24) is 5.32 Å². The summed E-state index contributed by atoms with van der Waals surface area (Å²) in [5.74, 6) is 2.34. The van der Waals surface area contributed by atoms with Crippen LogP contribution >= 0.6 is 0 Å². The monoisotopic (exact) mass is 251 g/mol. The summed E-state index contributed by atoms with van der Waals surface area (Å²) >= 11 is 0. The summed E-state index contributed by atoms with van der Waals surface area (Å²) in [5.41, 5.74) is 0. The molecule has 2 heterocycles. The molecule has 18 heavy (non-hydrogen) atoms. The number of benzene rings is 1. The first-order chi connectivity index (χ1) is 8.92. The highest BCUT2D eigenvalue weighted by Crippen LogP contribution is 2.35. The summed E-state index contributed by atoms with van der Waals surface area (Å²) in [6.07, 6.45) is 1.15. The number of nitrogens with one attached hydrogen (secondary N) is 1. The van der Waals surface area contributed by atoms with Crippen molar-refractivity contribution in [1.29, 1.82) is 0 Å². The Balaban J connectivity index is 1.48. The van der Waals surface area contributed by atoms with Gasteiger partial charge in [0, 0.05) is 25.6 Å². The Morgan fingerprint density at radius 1 is 1.28 bits per heavy atom. The molecule has 1 fully saturated rings. The summed E-state index contributed by atoms with van der Waals surface area (Å²) in [5, 5.41) is 3.30. The van der Waals surface area contributed by atoms with Crippen molar-refractivity contribution in [3.63, 3.8) is 0 Å². The van der Waals surface area contributed by atoms with Gasteiger partial charge in [-0.25, -0.2) is 0 Å². The van der Waals surface area contributed by atoms with Crippen molar-refractivity contribution >= 4 is 0 Å². The van der Waals surface area contributed by atoms with Crippen LogP contribution in [0.1, 0.15) is 6.42 Å². The molecule has 0 radical (unpaired) electrons. The molecule has 1 aromatic rings. The zero-order valence-corrected chi connectivity index (χ0v) is 10.2. The number of hydrogen-bond donors (Lipinski definition) is 1. The first-order valence-electron chi connectivity index (χ1n) is 6.26. The van der Waals surface area contributed by atoms with Crippen molar-refractivity contribution in [2.24, 2.45) is 0 Å². The van der Waals surface area contributed by atoms with Crippen molar-refractivity contribution in [2.75, 3.05) is 33.1 Å². The molecule has 1 atom stereocenters. The van der Waals surface area contributed by atoms with Gasteiger partial charge in [-0.1, -0.05) is 0 Å². The van der Waals surface area contributed by atoms with E-state index < -0.39 is 0 Å². The molecule has 2 aliphatic rings. The summed E-state index contributed by atoms with van der Waals surface area (Å²) < 4.78 is 21.8. The number of rotatable bonds is 4. The zero-order valence-electron chi connectivity index (χ0n) is 10.2. The number of hydrogen-bond acceptors (Lipinski definition) is 5. The average Bonchev–Trinajstić information content (AvgIpc) is 2.87. The molecule has 5 heteroatoms. The molecule has 0 bridgehead atoms. The van der Waals surface area contributed by atoms with Crippen LogP contribution in [0.4, 0.5) is 0 Å². The zero-order chi connectivity index (χ0) is 12.2. The maximum absolute atomic E-state index is 5.69. The van der Waals surface area contributed by atoms with Gasteiger partial charge in [0.1, 0.15) is 5.75 Å². The van der Waals surface area contributed by atoms with Crippen LogP contribution in [0.25, 0.3) is 0 Å². The van der Waals surface area contributed by atoms with E-state index in [1.54, 1.807) is 0 Å². The van der Waals surface area contributed by atoms with E-state index in [1.165, 1.54) is 0 Å². The summed E-state index contributed by atoms with van der Waals surface area (Å²) in [4.78, 5) is 0. The summed E-state index contributed by atoms with van der Waals surface area (Å²) in [7, 11) is 0. The lowest BCUT2D eigenvalue weighted by Crippen LogP contribution is -2.39. The standard InChI is InChI=1S/C13H17NO4/c1-2-12-13(18-9-17-12)7-10(1)15-5-3-11-8-14-4-6-16-11/h1-2,7,11,14H,3-6,8-9H2. The Hall–Kier alpha value is -1.46. The third kappa shape index (κ3) is 2.68. The number of ether oxygens (including phenoxy) is 4. The van der Waals surface area contributed by atoms with Crippen LogP contribution in [0.3, 0.4) is 0 Å². The summed E-state index contributed by atoms with van der Waals surface area (Å²) in [6, 6.07) is 5.63. The Kier molecular flexibility index (Phi) is 3.52. The second kappa shape index (κ2) is 5.46. The van der Waals surface area contributed by atoms with E-state index in [9.17, 15) is 0 Å². The van der Waals surface area contributed by atoms with E-state index in [0.29, 0.717) is 13.4 Å². The molecule has 2 aliphatic heterocycles. The quantitative estimate of drug-likeness (QED) is 0.870. The molecule has 0 aliphatic carbocycles. The first kappa shape index (κ1) is 11.6. The van der Waals surface area contributed by atoms with Crippen LogP contribution in [-0.2, 0) is 4.74 Å². The van der Waals surface area contributed by atoms with Gasteiger partial charge in [-0.2, -0.15) is 0 Å². The van der Waals surface area contributed by atoms with Gasteiger partial charge < -0.3 is 24.3 Å². The normalized spacial score (nSPS) is 21.9. The largest absolute Gasteiger partial charge is 0.493 e. The van der Waals surface area contributed by atoms with Gasteiger partial charge >= 0.3 is 0 Å². The minimum Gasteiger partial charge on any atom is -0.493 e. The maximum Gasteiger partial charge on any atom is 0.231 e. The molecule has 0 saturated carbocycles. The van der Waals surface area contributed by atoms with Gasteiger partial charge in [0.05, 0.1) is 19.3 Å². The molecule has 0 spiro atoms. The predicted octanol–water partition coefficient (Wildman–Crippen LogP) is 1.17. The topological polar surface area (TPSA) is 49.0 Å². The Bertz CT molecular complexity index is 404. The predicted molar refractivity (Wildman–Crippen MR) is 65.3 cm³/mol. The average molecular weight is 251 g/mol. The van der Waals surface area contributed by atoms with E-state index in [4.69, 9.17) is 18.9 Å². The van der Waals surface area contributed by atoms with Gasteiger partial charge in [0.2, 0.25) is 6.79 Å². The van der Waals surface area contributed by atoms with Crippen molar-refractivity contribution in [3.05, 3.63) is 18.2 Å². The molecule has 1 aromatic carbocycles. The highest BCUT2D eigenvalue weighted by Gasteiger charge is 2.15. The van der Waals surface area contributed by atoms with Crippen LogP contribution < -0.4 is 19.5 Å². The van der Waals surface area contributed by atoms with Gasteiger partial charge in [-0.05, 0) is 12.1 Å². The van der Waals surface area contributed by atoms with Crippen molar-refractivity contribution < 1.29 is 18.9 Å². The lowest BCUT2D eigenvalue weighted by Gasteiger charge is -2.23. The first-order valence-corrected chi connectivity index (χ1v) is 6.26. The molecular weight excluding hydrogens is 234 g/mol. The van der Waals surface area contributed by atoms with Crippen LogP contribution in [0.15, 0.2) is 18.2 Å². The van der Waals surface area contributed by atoms with E-state index in [1.807, 2.05) is 18.2 Å². The van der Waals surface area contributed by atoms with Crippen molar-refractivity contribution in [3.8, 4) is 17.2 Å². The van der Waals surface area contributed by atoms with Gasteiger partial charge in [-0.3, -0.25) is 0 Å². The highest BCUT2D eigenvalue weighted by molar-refractivity contribution is 5.46. The molecule has 98 valence electrons. The van der Waals surface area contributed by atoms with Crippen LogP contribution in [0, 0.1) is 0 Å². The fourth-order valence-corrected chi connectivity index (χ4v) is 2.08. The lowest BCUT2D eigenvalue weighted by atomic mass is 10.2. The fraction of sp³-hybridized carbons (Fsp3) is 0.538. The number of fused-ring (bicyclic) bond motifs is 1. The van der Waals surface area contributed by atoms with Crippen LogP contribution in [-0.4, -0.2) is 39.2 Å². The van der Waals surface area contributed by atoms with Gasteiger partial charge in [-0.15, -0.1) is 0 Å². The molecule has 5 nitrogen and oxygen atoms in total. The van der Waals surface area contributed by atoms with E-state index in [2.05, 4.69) is 5.32 Å². The van der Waals surface area contributed by atoms with E-state index >= 15 is 0 Å². The fourth-order valence-electron chi connectivity index (χ4n) is 2.08. The third-order valence-electron chi connectivity index (χ3n) is 3.06. The van der Waals surface area contributed by atoms with Crippen LogP contribution in [0.2, 0.25) is 0 Å². The molecular formula is C13H17NO4. The molecule has 3 rings (SSSR count). The lowest BCUT2D eigenvalue weighted by molar-refractivity contribution is 0.0159. The second-order valence-electron chi connectivity index (χ2n) is 4.35. The minimum absolute atomic E-state index is 0.257. The summed E-state index contributed by atoms with van der Waals surface area (Å²) in [6.45, 7) is 3.57. The Morgan fingerprint density at radius 2 is 2.22 bits per heavy atom. The van der Waals surface area contributed by atoms with E-state index in [-0.39, 0.29) is 6.10 Å². The minimum atomic E-state index is 0.257. The highest BCUT2D eigenvalue weighted by atomic mass is 16.7. The molecule has 1 unspecified atom stereocenters. The van der Waals surface area contributed by atoms with Crippen molar-refractivity contribution in [2.45, 2.75) is 12.5 Å². The van der Waals surface area contributed by atoms with Gasteiger partial charge in [0.15, 0.2) is 11.5 Å². The van der Waals surface area contributed by atoms with Crippen LogP contribution in [0.5, 0.6) is 17.2 Å². The SMILES string of the molecule is c1cc2c(cc1OCCC1CNCCO1)OCO2. The number of morpholine rings is 1. The maximum atomic E-state index is 5.69. The second-order valence-corrected chi connectivity index (χ2v) is 4.35. The third-order valence-corrected chi connectivity index (χ3v) is 3.06. The molecule has 1 saturated heterocycles. The Morgan fingerprint density at radius 3 is 3.11 bits per heavy atom.